The van der Waals surface area contributed by atoms with Gasteiger partial charge in [-0.15, -0.1) is 0 Å². The summed E-state index contributed by atoms with van der Waals surface area (Å²) in [4.78, 5) is 31.9. The van der Waals surface area contributed by atoms with Crippen LogP contribution in [0.3, 0.4) is 0 Å². The summed E-state index contributed by atoms with van der Waals surface area (Å²) in [6.45, 7) is 3.41. The molecule has 3 fully saturated rings. The van der Waals surface area contributed by atoms with E-state index in [1.54, 1.807) is 23.9 Å². The molecule has 2 bridgehead atoms. The molecule has 1 saturated heterocycles. The molecule has 2 unspecified atom stereocenters. The third-order valence-electron chi connectivity index (χ3n) is 8.15. The van der Waals surface area contributed by atoms with Crippen LogP contribution in [0.4, 0.5) is 4.39 Å². The fraction of sp³-hybridized carbons (Fsp3) is 0.640. The summed E-state index contributed by atoms with van der Waals surface area (Å²) in [5.41, 5.74) is 0.975. The minimum absolute atomic E-state index is 0.0192. The molecule has 0 spiro atoms. The van der Waals surface area contributed by atoms with Gasteiger partial charge < -0.3 is 10.2 Å². The van der Waals surface area contributed by atoms with Crippen molar-refractivity contribution < 1.29 is 14.0 Å². The SMILES string of the molecule is CC1(C2CCN(C(=O)CCc3ccc(F)cc3)CC2)SC(NC2C[C@@H]3CC[C@H]2C3)=NC1=O. The van der Waals surface area contributed by atoms with Gasteiger partial charge in [0.25, 0.3) is 5.91 Å². The van der Waals surface area contributed by atoms with Crippen LogP contribution < -0.4 is 5.32 Å². The van der Waals surface area contributed by atoms with Gasteiger partial charge in [-0.25, -0.2) is 4.39 Å². The van der Waals surface area contributed by atoms with Gasteiger partial charge in [-0.3, -0.25) is 9.59 Å². The minimum Gasteiger partial charge on any atom is -0.361 e. The molecule has 1 aromatic carbocycles. The molecule has 0 radical (unpaired) electrons. The van der Waals surface area contributed by atoms with E-state index in [0.29, 0.717) is 32.0 Å². The molecule has 5 nitrogen and oxygen atoms in total. The first-order chi connectivity index (χ1) is 15.4. The lowest BCUT2D eigenvalue weighted by atomic mass is 9.84. The lowest BCUT2D eigenvalue weighted by Crippen LogP contribution is -2.46. The van der Waals surface area contributed by atoms with Crippen LogP contribution in [-0.2, 0) is 16.0 Å². The maximum Gasteiger partial charge on any atom is 0.264 e. The lowest BCUT2D eigenvalue weighted by molar-refractivity contribution is -0.132. The Labute approximate surface area is 193 Å². The number of aryl methyl sites for hydroxylation is 1. The van der Waals surface area contributed by atoms with Crippen LogP contribution in [0.15, 0.2) is 29.3 Å². The Morgan fingerprint density at radius 2 is 1.94 bits per heavy atom. The summed E-state index contributed by atoms with van der Waals surface area (Å²) in [6.07, 6.45) is 7.92. The van der Waals surface area contributed by atoms with Crippen LogP contribution in [0.2, 0.25) is 0 Å². The number of fused-ring (bicyclic) bond motifs is 2. The molecule has 32 heavy (non-hydrogen) atoms. The Bertz CT molecular complexity index is 912. The number of piperidine rings is 1. The van der Waals surface area contributed by atoms with E-state index in [1.165, 1.54) is 37.8 Å². The molecule has 5 rings (SSSR count). The number of rotatable bonds is 5. The molecular formula is C25H32FN3O2S. The predicted octanol–water partition coefficient (Wildman–Crippen LogP) is 4.16. The first-order valence-electron chi connectivity index (χ1n) is 12.0. The van der Waals surface area contributed by atoms with Gasteiger partial charge in [-0.1, -0.05) is 30.3 Å². The van der Waals surface area contributed by atoms with Gasteiger partial charge in [0, 0.05) is 25.6 Å². The second kappa shape index (κ2) is 8.81. The van der Waals surface area contributed by atoms with E-state index < -0.39 is 4.75 Å². The third kappa shape index (κ3) is 4.33. The third-order valence-corrected chi connectivity index (χ3v) is 9.49. The average molecular weight is 458 g/mol. The Morgan fingerprint density at radius 3 is 2.59 bits per heavy atom. The Hall–Kier alpha value is -1.89. The smallest absolute Gasteiger partial charge is 0.264 e. The zero-order valence-corrected chi connectivity index (χ0v) is 19.5. The van der Waals surface area contributed by atoms with E-state index in [1.807, 2.05) is 11.8 Å². The molecule has 2 saturated carbocycles. The van der Waals surface area contributed by atoms with E-state index in [9.17, 15) is 14.0 Å². The predicted molar refractivity (Wildman–Crippen MR) is 125 cm³/mol. The largest absolute Gasteiger partial charge is 0.361 e. The van der Waals surface area contributed by atoms with E-state index in [2.05, 4.69) is 10.3 Å². The van der Waals surface area contributed by atoms with Crippen molar-refractivity contribution in [3.63, 3.8) is 0 Å². The number of carbonyl (C=O) groups excluding carboxylic acids is 2. The van der Waals surface area contributed by atoms with Crippen LogP contribution in [0.25, 0.3) is 0 Å². The topological polar surface area (TPSA) is 61.8 Å². The number of hydrogen-bond donors (Lipinski definition) is 1. The summed E-state index contributed by atoms with van der Waals surface area (Å²) in [7, 11) is 0. The maximum absolute atomic E-state index is 13.0. The Balaban J connectivity index is 1.11. The summed E-state index contributed by atoms with van der Waals surface area (Å²) in [5, 5.41) is 4.41. The number of thioether (sulfide) groups is 1. The standard InChI is InChI=1S/C25H32FN3O2S/c1-25(23(31)28-24(32-25)27-21-15-17-2-6-18(21)14-17)19-10-12-29(13-11-19)22(30)9-5-16-3-7-20(26)8-4-16/h3-4,7-8,17-19,21H,2,5-6,9-15H2,1H3,(H,27,28,31)/t17-,18+,21?,25?/m1/s1. The number of amidine groups is 1. The van der Waals surface area contributed by atoms with Crippen molar-refractivity contribution >= 4 is 28.7 Å². The van der Waals surface area contributed by atoms with Gasteiger partial charge in [0.15, 0.2) is 5.17 Å². The molecule has 4 atom stereocenters. The second-order valence-electron chi connectivity index (χ2n) is 10.1. The summed E-state index contributed by atoms with van der Waals surface area (Å²) < 4.78 is 12.5. The summed E-state index contributed by atoms with van der Waals surface area (Å²) in [5.74, 6) is 1.69. The first kappa shape index (κ1) is 21.9. The van der Waals surface area contributed by atoms with Crippen molar-refractivity contribution in [2.75, 3.05) is 13.1 Å². The number of benzene rings is 1. The number of nitrogens with one attached hydrogen (secondary N) is 1. The molecule has 2 heterocycles. The quantitative estimate of drug-likeness (QED) is 0.721. The van der Waals surface area contributed by atoms with Gasteiger partial charge in [0.2, 0.25) is 5.91 Å². The van der Waals surface area contributed by atoms with Gasteiger partial charge in [-0.05, 0) is 80.9 Å². The van der Waals surface area contributed by atoms with Gasteiger partial charge >= 0.3 is 0 Å². The summed E-state index contributed by atoms with van der Waals surface area (Å²) in [6, 6.07) is 6.83. The fourth-order valence-corrected chi connectivity index (χ4v) is 7.39. The number of aliphatic imine (C=N–C) groups is 1. The fourth-order valence-electron chi connectivity index (χ4n) is 6.11. The lowest BCUT2D eigenvalue weighted by Gasteiger charge is -2.38. The monoisotopic (exact) mass is 457 g/mol. The molecule has 172 valence electrons. The van der Waals surface area contributed by atoms with Gasteiger partial charge in [0.05, 0.1) is 0 Å². The van der Waals surface area contributed by atoms with Crippen molar-refractivity contribution in [2.45, 2.75) is 69.1 Å². The number of carbonyl (C=O) groups is 2. The normalized spacial score (nSPS) is 32.4. The van der Waals surface area contributed by atoms with Gasteiger partial charge in [0.1, 0.15) is 10.6 Å². The maximum atomic E-state index is 13.0. The van der Waals surface area contributed by atoms with E-state index in [0.717, 1.165) is 35.4 Å². The highest BCUT2D eigenvalue weighted by Gasteiger charge is 2.49. The van der Waals surface area contributed by atoms with Crippen molar-refractivity contribution in [3.8, 4) is 0 Å². The highest BCUT2D eigenvalue weighted by atomic mass is 32.2. The van der Waals surface area contributed by atoms with E-state index in [-0.39, 0.29) is 23.5 Å². The second-order valence-corrected chi connectivity index (χ2v) is 11.6. The minimum atomic E-state index is -0.525. The van der Waals surface area contributed by atoms with Crippen molar-refractivity contribution in [1.82, 2.24) is 10.2 Å². The van der Waals surface area contributed by atoms with Crippen LogP contribution in [0, 0.1) is 23.6 Å². The zero-order chi connectivity index (χ0) is 22.3. The van der Waals surface area contributed by atoms with Gasteiger partial charge in [-0.2, -0.15) is 4.99 Å². The Morgan fingerprint density at radius 1 is 1.19 bits per heavy atom. The first-order valence-corrected chi connectivity index (χ1v) is 12.8. The number of amides is 2. The molecule has 4 aliphatic rings. The van der Waals surface area contributed by atoms with Crippen LogP contribution in [0.1, 0.15) is 57.4 Å². The molecule has 1 aromatic rings. The Kier molecular flexibility index (Phi) is 6.03. The zero-order valence-electron chi connectivity index (χ0n) is 18.7. The molecular weight excluding hydrogens is 425 g/mol. The number of likely N-dealkylation sites (tertiary alicyclic amines) is 1. The highest BCUT2D eigenvalue weighted by molar-refractivity contribution is 8.16. The summed E-state index contributed by atoms with van der Waals surface area (Å²) >= 11 is 1.62. The molecule has 7 heteroatoms. The van der Waals surface area contributed by atoms with Crippen LogP contribution >= 0.6 is 11.8 Å². The van der Waals surface area contributed by atoms with Crippen LogP contribution in [-0.4, -0.2) is 45.8 Å². The van der Waals surface area contributed by atoms with Crippen molar-refractivity contribution in [1.29, 1.82) is 0 Å². The number of nitrogens with zero attached hydrogens (tertiary/aromatic N) is 2. The van der Waals surface area contributed by atoms with E-state index in [4.69, 9.17) is 0 Å². The molecule has 2 aliphatic heterocycles. The van der Waals surface area contributed by atoms with E-state index >= 15 is 0 Å². The van der Waals surface area contributed by atoms with Crippen molar-refractivity contribution in [3.05, 3.63) is 35.6 Å². The molecule has 1 N–H and O–H groups in total. The number of hydrogen-bond acceptors (Lipinski definition) is 4. The molecule has 2 aliphatic carbocycles. The average Bonchev–Trinajstić information content (AvgIpc) is 3.49. The van der Waals surface area contributed by atoms with Crippen molar-refractivity contribution in [2.24, 2.45) is 22.7 Å². The highest BCUT2D eigenvalue weighted by Crippen LogP contribution is 2.47. The molecule has 0 aromatic heterocycles. The van der Waals surface area contributed by atoms with Crippen LogP contribution in [0.5, 0.6) is 0 Å². The molecule has 2 amide bonds. The number of halogens is 1.